The van der Waals surface area contributed by atoms with Crippen LogP contribution in [0.15, 0.2) is 36.4 Å². The monoisotopic (exact) mass is 414 g/mol. The van der Waals surface area contributed by atoms with Crippen molar-refractivity contribution in [1.82, 2.24) is 0 Å². The molecule has 0 aliphatic carbocycles. The van der Waals surface area contributed by atoms with Crippen LogP contribution in [0.1, 0.15) is 43.0 Å². The number of carbonyl (C=O) groups excluding carboxylic acids is 2. The molecule has 0 bridgehead atoms. The minimum atomic E-state index is -0.362. The Morgan fingerprint density at radius 2 is 1.87 bits per heavy atom. The molecule has 1 fully saturated rings. The van der Waals surface area contributed by atoms with Gasteiger partial charge in [-0.05, 0) is 62.6 Å². The Morgan fingerprint density at radius 1 is 1.10 bits per heavy atom. The number of halogens is 1. The standard InChI is InChI=1S/C23H27FN2O4/c1-16(27)17-7-8-21(22(12-17)29-2)30-11-5-6-23(28)25-19-13-18(24)14-20(15-19)26-9-3-4-10-26/h7-8,12-15H,3-6,9-11H2,1-2H3,(H,25,28). The van der Waals surface area contributed by atoms with E-state index >= 15 is 0 Å². The third-order valence-corrected chi connectivity index (χ3v) is 5.01. The maximum absolute atomic E-state index is 13.9. The molecule has 0 atom stereocenters. The number of ketones is 1. The summed E-state index contributed by atoms with van der Waals surface area (Å²) in [6, 6.07) is 9.63. The number of Topliss-reactive ketones (excluding diaryl/α,β-unsaturated/α-hetero) is 1. The SMILES string of the molecule is COc1cc(C(C)=O)ccc1OCCCC(=O)Nc1cc(F)cc(N2CCCC2)c1. The van der Waals surface area contributed by atoms with Crippen LogP contribution < -0.4 is 19.7 Å². The van der Waals surface area contributed by atoms with Crippen molar-refractivity contribution in [2.45, 2.75) is 32.6 Å². The second kappa shape index (κ2) is 10.1. The van der Waals surface area contributed by atoms with Gasteiger partial charge < -0.3 is 19.7 Å². The summed E-state index contributed by atoms with van der Waals surface area (Å²) < 4.78 is 24.9. The van der Waals surface area contributed by atoms with Crippen LogP contribution in [0.3, 0.4) is 0 Å². The first-order chi connectivity index (χ1) is 14.5. The number of anilines is 2. The van der Waals surface area contributed by atoms with E-state index in [4.69, 9.17) is 9.47 Å². The third-order valence-electron chi connectivity index (χ3n) is 5.01. The summed E-state index contributed by atoms with van der Waals surface area (Å²) >= 11 is 0. The molecule has 0 saturated carbocycles. The van der Waals surface area contributed by atoms with E-state index in [0.717, 1.165) is 31.6 Å². The molecule has 0 radical (unpaired) electrons. The molecule has 160 valence electrons. The van der Waals surface area contributed by atoms with Crippen LogP contribution in [0.5, 0.6) is 11.5 Å². The van der Waals surface area contributed by atoms with E-state index in [1.165, 1.54) is 26.2 Å². The molecule has 0 spiro atoms. The lowest BCUT2D eigenvalue weighted by atomic mass is 10.1. The number of benzene rings is 2. The fraction of sp³-hybridized carbons (Fsp3) is 0.391. The number of hydrogen-bond donors (Lipinski definition) is 1. The third kappa shape index (κ3) is 5.72. The summed E-state index contributed by atoms with van der Waals surface area (Å²) in [4.78, 5) is 25.8. The van der Waals surface area contributed by atoms with E-state index in [2.05, 4.69) is 10.2 Å². The Kier molecular flexibility index (Phi) is 7.27. The van der Waals surface area contributed by atoms with Crippen LogP contribution >= 0.6 is 0 Å². The summed E-state index contributed by atoms with van der Waals surface area (Å²) in [6.07, 6.45) is 2.92. The highest BCUT2D eigenvalue weighted by Gasteiger charge is 2.15. The predicted molar refractivity (Wildman–Crippen MR) is 114 cm³/mol. The van der Waals surface area contributed by atoms with Crippen molar-refractivity contribution in [1.29, 1.82) is 0 Å². The Morgan fingerprint density at radius 3 is 2.57 bits per heavy atom. The van der Waals surface area contributed by atoms with Gasteiger partial charge in [0.15, 0.2) is 17.3 Å². The zero-order valence-corrected chi connectivity index (χ0v) is 17.4. The van der Waals surface area contributed by atoms with Crippen molar-refractivity contribution in [2.75, 3.05) is 37.0 Å². The van der Waals surface area contributed by atoms with Gasteiger partial charge in [-0.25, -0.2) is 4.39 Å². The van der Waals surface area contributed by atoms with Crippen LogP contribution in [-0.2, 0) is 4.79 Å². The van der Waals surface area contributed by atoms with Crippen molar-refractivity contribution >= 4 is 23.1 Å². The largest absolute Gasteiger partial charge is 0.493 e. The average molecular weight is 414 g/mol. The zero-order chi connectivity index (χ0) is 21.5. The summed E-state index contributed by atoms with van der Waals surface area (Å²) in [5.74, 6) is 0.376. The highest BCUT2D eigenvalue weighted by molar-refractivity contribution is 5.94. The Labute approximate surface area is 176 Å². The maximum atomic E-state index is 13.9. The Hall–Kier alpha value is -3.09. The number of nitrogens with one attached hydrogen (secondary N) is 1. The second-order valence-corrected chi connectivity index (χ2v) is 7.31. The van der Waals surface area contributed by atoms with Crippen molar-refractivity contribution in [3.8, 4) is 11.5 Å². The van der Waals surface area contributed by atoms with Crippen LogP contribution in [0.2, 0.25) is 0 Å². The number of methoxy groups -OCH3 is 1. The Balaban J connectivity index is 1.49. The minimum Gasteiger partial charge on any atom is -0.493 e. The highest BCUT2D eigenvalue weighted by atomic mass is 19.1. The Bertz CT molecular complexity index is 910. The lowest BCUT2D eigenvalue weighted by Gasteiger charge is -2.19. The molecule has 2 aromatic rings. The van der Waals surface area contributed by atoms with E-state index in [1.54, 1.807) is 18.2 Å². The maximum Gasteiger partial charge on any atom is 0.224 e. The number of hydrogen-bond acceptors (Lipinski definition) is 5. The van der Waals surface area contributed by atoms with Gasteiger partial charge in [0.1, 0.15) is 5.82 Å². The van der Waals surface area contributed by atoms with Crippen molar-refractivity contribution in [3.05, 3.63) is 47.8 Å². The average Bonchev–Trinajstić information content (AvgIpc) is 3.25. The molecule has 0 unspecified atom stereocenters. The predicted octanol–water partition coefficient (Wildman–Crippen LogP) is 4.43. The van der Waals surface area contributed by atoms with Crippen molar-refractivity contribution in [2.24, 2.45) is 0 Å². The number of carbonyl (C=O) groups is 2. The van der Waals surface area contributed by atoms with Gasteiger partial charge in [-0.2, -0.15) is 0 Å². The van der Waals surface area contributed by atoms with Gasteiger partial charge in [-0.3, -0.25) is 9.59 Å². The number of nitrogens with zero attached hydrogens (tertiary/aromatic N) is 1. The first-order valence-electron chi connectivity index (χ1n) is 10.1. The smallest absolute Gasteiger partial charge is 0.224 e. The molecule has 1 heterocycles. The molecule has 1 aliphatic heterocycles. The number of ether oxygens (including phenoxy) is 2. The van der Waals surface area contributed by atoms with Gasteiger partial charge >= 0.3 is 0 Å². The molecule has 6 nitrogen and oxygen atoms in total. The number of amides is 1. The summed E-state index contributed by atoms with van der Waals surface area (Å²) in [7, 11) is 1.51. The zero-order valence-electron chi connectivity index (χ0n) is 17.4. The first-order valence-corrected chi connectivity index (χ1v) is 10.1. The van der Waals surface area contributed by atoms with Crippen LogP contribution in [-0.4, -0.2) is 38.5 Å². The molecule has 0 aromatic heterocycles. The van der Waals surface area contributed by atoms with Gasteiger partial charge in [0.05, 0.1) is 13.7 Å². The van der Waals surface area contributed by atoms with Crippen LogP contribution in [0.25, 0.3) is 0 Å². The lowest BCUT2D eigenvalue weighted by molar-refractivity contribution is -0.116. The van der Waals surface area contributed by atoms with E-state index in [1.807, 2.05) is 6.07 Å². The number of rotatable bonds is 9. The first kappa shape index (κ1) is 21.6. The van der Waals surface area contributed by atoms with Gasteiger partial charge in [-0.1, -0.05) is 0 Å². The fourth-order valence-corrected chi connectivity index (χ4v) is 3.45. The molecule has 1 saturated heterocycles. The topological polar surface area (TPSA) is 67.9 Å². The van der Waals surface area contributed by atoms with Gasteiger partial charge in [0.25, 0.3) is 0 Å². The van der Waals surface area contributed by atoms with Gasteiger partial charge in [-0.15, -0.1) is 0 Å². The highest BCUT2D eigenvalue weighted by Crippen LogP contribution is 2.28. The molecule has 2 aromatic carbocycles. The minimum absolute atomic E-state index is 0.0539. The molecule has 3 rings (SSSR count). The summed E-state index contributed by atoms with van der Waals surface area (Å²) in [5.41, 5.74) is 1.80. The molecule has 30 heavy (non-hydrogen) atoms. The quantitative estimate of drug-likeness (QED) is 0.486. The van der Waals surface area contributed by atoms with Gasteiger partial charge in [0, 0.05) is 36.4 Å². The van der Waals surface area contributed by atoms with E-state index < -0.39 is 0 Å². The molecule has 1 aliphatic rings. The second-order valence-electron chi connectivity index (χ2n) is 7.31. The van der Waals surface area contributed by atoms with E-state index in [9.17, 15) is 14.0 Å². The molecular weight excluding hydrogens is 387 g/mol. The fourth-order valence-electron chi connectivity index (χ4n) is 3.45. The molecular formula is C23H27FN2O4. The van der Waals surface area contributed by atoms with Crippen molar-refractivity contribution in [3.63, 3.8) is 0 Å². The molecule has 1 amide bonds. The lowest BCUT2D eigenvalue weighted by Crippen LogP contribution is -2.18. The van der Waals surface area contributed by atoms with E-state index in [-0.39, 0.29) is 23.9 Å². The van der Waals surface area contributed by atoms with Gasteiger partial charge in [0.2, 0.25) is 5.91 Å². The van der Waals surface area contributed by atoms with E-state index in [0.29, 0.717) is 35.8 Å². The van der Waals surface area contributed by atoms with Crippen LogP contribution in [0, 0.1) is 5.82 Å². The molecule has 1 N–H and O–H groups in total. The molecule has 7 heteroatoms. The van der Waals surface area contributed by atoms with Crippen molar-refractivity contribution < 1.29 is 23.5 Å². The summed E-state index contributed by atoms with van der Waals surface area (Å²) in [5, 5.41) is 2.76. The van der Waals surface area contributed by atoms with Crippen LogP contribution in [0.4, 0.5) is 15.8 Å². The normalized spacial score (nSPS) is 13.2. The summed E-state index contributed by atoms with van der Waals surface area (Å²) in [6.45, 7) is 3.61.